The van der Waals surface area contributed by atoms with Crippen LogP contribution in [0.2, 0.25) is 0 Å². The molecular weight excluding hydrogens is 220 g/mol. The van der Waals surface area contributed by atoms with Gasteiger partial charge in [-0.15, -0.1) is 0 Å². The van der Waals surface area contributed by atoms with Crippen LogP contribution in [0.1, 0.15) is 16.8 Å². The van der Waals surface area contributed by atoms with E-state index in [1.165, 1.54) is 38.6 Å². The molecular formula is C16H16N2. The van der Waals surface area contributed by atoms with Crippen molar-refractivity contribution in [2.75, 3.05) is 0 Å². The van der Waals surface area contributed by atoms with Gasteiger partial charge in [0.15, 0.2) is 0 Å². The average molecular weight is 236 g/mol. The van der Waals surface area contributed by atoms with Gasteiger partial charge < -0.3 is 9.97 Å². The summed E-state index contributed by atoms with van der Waals surface area (Å²) < 4.78 is 0. The van der Waals surface area contributed by atoms with E-state index < -0.39 is 0 Å². The maximum absolute atomic E-state index is 3.72. The molecule has 2 heterocycles. The number of benzene rings is 1. The van der Waals surface area contributed by atoms with Crippen LogP contribution < -0.4 is 0 Å². The van der Waals surface area contributed by atoms with E-state index >= 15 is 0 Å². The molecule has 2 N–H and O–H groups in total. The molecule has 0 aliphatic heterocycles. The lowest BCUT2D eigenvalue weighted by Gasteiger charge is -1.95. The fourth-order valence-corrected chi connectivity index (χ4v) is 2.53. The van der Waals surface area contributed by atoms with Crippen molar-refractivity contribution >= 4 is 27.9 Å². The Morgan fingerprint density at radius 1 is 1.11 bits per heavy atom. The fourth-order valence-electron chi connectivity index (χ4n) is 2.53. The summed E-state index contributed by atoms with van der Waals surface area (Å²) in [5.41, 5.74) is 6.07. The van der Waals surface area contributed by atoms with E-state index in [2.05, 4.69) is 54.8 Å². The molecule has 2 heteroatoms. The van der Waals surface area contributed by atoms with Gasteiger partial charge in [0, 0.05) is 28.2 Å². The van der Waals surface area contributed by atoms with Crippen molar-refractivity contribution in [3.63, 3.8) is 0 Å². The van der Waals surface area contributed by atoms with Crippen molar-refractivity contribution in [1.82, 2.24) is 9.97 Å². The van der Waals surface area contributed by atoms with Gasteiger partial charge >= 0.3 is 0 Å². The molecule has 0 saturated carbocycles. The van der Waals surface area contributed by atoms with Gasteiger partial charge in [-0.2, -0.15) is 0 Å². The molecule has 0 fully saturated rings. The smallest absolute Gasteiger partial charge is 0.0707 e. The van der Waals surface area contributed by atoms with E-state index in [-0.39, 0.29) is 0 Å². The van der Waals surface area contributed by atoms with Crippen molar-refractivity contribution in [2.45, 2.75) is 13.8 Å². The number of hydrogen-bond donors (Lipinski definition) is 2. The molecule has 0 unspecified atom stereocenters. The molecule has 0 radical (unpaired) electrons. The number of aromatic nitrogens is 2. The zero-order valence-corrected chi connectivity index (χ0v) is 10.7. The summed E-state index contributed by atoms with van der Waals surface area (Å²) >= 11 is 0. The Balaban J connectivity index is 2.40. The quantitative estimate of drug-likeness (QED) is 0.615. The van der Waals surface area contributed by atoms with Crippen LogP contribution in [0.4, 0.5) is 0 Å². The predicted octanol–water partition coefficient (Wildman–Crippen LogP) is 4.47. The number of nitrogens with one attached hydrogen (secondary N) is 2. The van der Waals surface area contributed by atoms with Crippen LogP contribution in [0.3, 0.4) is 0 Å². The molecule has 0 amide bonds. The van der Waals surface area contributed by atoms with Crippen molar-refractivity contribution in [1.29, 1.82) is 0 Å². The molecule has 0 saturated heterocycles. The minimum Gasteiger partial charge on any atom is -0.359 e. The predicted molar refractivity (Wildman–Crippen MR) is 78.9 cm³/mol. The third-order valence-electron chi connectivity index (χ3n) is 3.47. The van der Waals surface area contributed by atoms with Crippen molar-refractivity contribution in [3.8, 4) is 0 Å². The Morgan fingerprint density at radius 2 is 1.89 bits per heavy atom. The van der Waals surface area contributed by atoms with Crippen LogP contribution >= 0.6 is 0 Å². The summed E-state index contributed by atoms with van der Waals surface area (Å²) in [5.74, 6) is 0. The van der Waals surface area contributed by atoms with Crippen LogP contribution in [0, 0.1) is 13.8 Å². The number of aromatic amines is 2. The third-order valence-corrected chi connectivity index (χ3v) is 3.47. The minimum absolute atomic E-state index is 1.18. The summed E-state index contributed by atoms with van der Waals surface area (Å²) in [5, 5.41) is 2.53. The van der Waals surface area contributed by atoms with E-state index in [4.69, 9.17) is 0 Å². The Bertz CT molecular complexity index is 769. The van der Waals surface area contributed by atoms with Gasteiger partial charge in [-0.25, -0.2) is 0 Å². The maximum atomic E-state index is 3.72. The van der Waals surface area contributed by atoms with Gasteiger partial charge in [-0.1, -0.05) is 36.9 Å². The highest BCUT2D eigenvalue weighted by Gasteiger charge is 2.10. The molecule has 2 aromatic heterocycles. The van der Waals surface area contributed by atoms with Crippen LogP contribution in [-0.4, -0.2) is 9.97 Å². The lowest BCUT2D eigenvalue weighted by molar-refractivity contribution is 1.29. The number of hydrogen-bond acceptors (Lipinski definition) is 0. The molecule has 18 heavy (non-hydrogen) atoms. The topological polar surface area (TPSA) is 31.6 Å². The van der Waals surface area contributed by atoms with Crippen LogP contribution in [0.15, 0.2) is 37.1 Å². The van der Waals surface area contributed by atoms with E-state index in [1.807, 2.05) is 6.08 Å². The summed E-state index contributed by atoms with van der Waals surface area (Å²) in [4.78, 5) is 6.83. The Morgan fingerprint density at radius 3 is 2.67 bits per heavy atom. The molecule has 0 aliphatic carbocycles. The summed E-state index contributed by atoms with van der Waals surface area (Å²) in [7, 11) is 0. The first-order chi connectivity index (χ1) is 8.72. The van der Waals surface area contributed by atoms with Crippen molar-refractivity contribution in [3.05, 3.63) is 53.9 Å². The summed E-state index contributed by atoms with van der Waals surface area (Å²) in [6.45, 7) is 7.95. The van der Waals surface area contributed by atoms with Crippen molar-refractivity contribution in [2.24, 2.45) is 0 Å². The summed E-state index contributed by atoms with van der Waals surface area (Å²) in [6.07, 6.45) is 7.93. The molecule has 0 atom stereocenters. The van der Waals surface area contributed by atoms with Gasteiger partial charge in [0.25, 0.3) is 0 Å². The largest absolute Gasteiger partial charge is 0.359 e. The number of H-pyrrole nitrogens is 2. The highest BCUT2D eigenvalue weighted by Crippen LogP contribution is 2.30. The SMILES string of the molecule is C=C/C=C\c1c(C)[nH]c2c1ccc1c(C)c[nH]c12. The first-order valence-corrected chi connectivity index (χ1v) is 6.10. The number of allylic oxidation sites excluding steroid dienone is 2. The van der Waals surface area contributed by atoms with E-state index in [1.54, 1.807) is 6.08 Å². The molecule has 0 aliphatic rings. The molecule has 0 bridgehead atoms. The first kappa shape index (κ1) is 10.9. The van der Waals surface area contributed by atoms with E-state index in [0.29, 0.717) is 0 Å². The second kappa shape index (κ2) is 3.91. The average Bonchev–Trinajstić information content (AvgIpc) is 2.88. The zero-order valence-electron chi connectivity index (χ0n) is 10.7. The Labute approximate surface area is 106 Å². The van der Waals surface area contributed by atoms with E-state index in [9.17, 15) is 0 Å². The van der Waals surface area contributed by atoms with E-state index in [0.717, 1.165) is 0 Å². The first-order valence-electron chi connectivity index (χ1n) is 6.10. The standard InChI is InChI=1S/C16H16N2/c1-4-5-6-13-11(3)18-16-14(13)8-7-12-10(2)9-17-15(12)16/h4-9,17-18H,1H2,2-3H3/b6-5-. The zero-order chi connectivity index (χ0) is 12.7. The Kier molecular flexibility index (Phi) is 2.37. The molecule has 3 aromatic rings. The Hall–Kier alpha value is -2.22. The summed E-state index contributed by atoms with van der Waals surface area (Å²) in [6, 6.07) is 4.37. The van der Waals surface area contributed by atoms with Crippen molar-refractivity contribution < 1.29 is 0 Å². The van der Waals surface area contributed by atoms with Gasteiger partial charge in [0.2, 0.25) is 0 Å². The third kappa shape index (κ3) is 1.42. The highest BCUT2D eigenvalue weighted by atomic mass is 14.8. The number of aryl methyl sites for hydroxylation is 2. The molecule has 1 aromatic carbocycles. The molecule has 90 valence electrons. The molecule has 2 nitrogen and oxygen atoms in total. The second-order valence-corrected chi connectivity index (χ2v) is 4.64. The lowest BCUT2D eigenvalue weighted by atomic mass is 10.1. The maximum Gasteiger partial charge on any atom is 0.0707 e. The second-order valence-electron chi connectivity index (χ2n) is 4.64. The van der Waals surface area contributed by atoms with Gasteiger partial charge in [-0.3, -0.25) is 0 Å². The highest BCUT2D eigenvalue weighted by molar-refractivity contribution is 6.08. The van der Waals surface area contributed by atoms with Gasteiger partial charge in [0.05, 0.1) is 11.0 Å². The van der Waals surface area contributed by atoms with Gasteiger partial charge in [-0.05, 0) is 19.4 Å². The number of rotatable bonds is 2. The lowest BCUT2D eigenvalue weighted by Crippen LogP contribution is -1.74. The normalized spacial score (nSPS) is 11.9. The fraction of sp³-hybridized carbons (Fsp3) is 0.125. The van der Waals surface area contributed by atoms with Crippen LogP contribution in [0.25, 0.3) is 27.9 Å². The van der Waals surface area contributed by atoms with Crippen LogP contribution in [0.5, 0.6) is 0 Å². The van der Waals surface area contributed by atoms with Gasteiger partial charge in [0.1, 0.15) is 0 Å². The molecule has 3 rings (SSSR count). The van der Waals surface area contributed by atoms with Crippen LogP contribution in [-0.2, 0) is 0 Å². The molecule has 0 spiro atoms. The number of fused-ring (bicyclic) bond motifs is 3. The minimum atomic E-state index is 1.18. The monoisotopic (exact) mass is 236 g/mol.